The van der Waals surface area contributed by atoms with Crippen molar-refractivity contribution < 1.29 is 9.09 Å². The van der Waals surface area contributed by atoms with Gasteiger partial charge in [0.05, 0.1) is 13.7 Å². The number of rotatable bonds is 6. The van der Waals surface area contributed by atoms with Gasteiger partial charge in [-0.05, 0) is 6.92 Å². The van der Waals surface area contributed by atoms with Crippen LogP contribution in [0, 0.1) is 0 Å². The molecule has 1 atom stereocenters. The van der Waals surface area contributed by atoms with E-state index in [2.05, 4.69) is 36.4 Å². The van der Waals surface area contributed by atoms with E-state index in [1.54, 1.807) is 6.66 Å². The molecule has 0 fully saturated rings. The maximum absolute atomic E-state index is 13.2. The largest absolute Gasteiger partial charge is 0.313 e. The molecule has 5 heteroatoms. The van der Waals surface area contributed by atoms with Crippen molar-refractivity contribution in [1.82, 2.24) is 0 Å². The molecule has 3 rings (SSSR count). The maximum Gasteiger partial charge on any atom is 0.311 e. The maximum atomic E-state index is 13.2. The standard InChI is InChI=1S/C21H23NO2P2/c1-3-24-25(2,23)22-26(19-13-7-4-8-14-19,20-15-9-5-10-16-20)21-17-11-6-12-18-21/h4-18H,3H2,1-2H3. The lowest BCUT2D eigenvalue weighted by atomic mass is 10.4. The molecule has 0 aromatic heterocycles. The zero-order chi connectivity index (χ0) is 18.5. The first-order valence-electron chi connectivity index (χ1n) is 8.61. The third-order valence-electron chi connectivity index (χ3n) is 4.05. The first kappa shape index (κ1) is 18.9. The Bertz CT molecular complexity index is 838. The van der Waals surface area contributed by atoms with Crippen LogP contribution in [0.3, 0.4) is 0 Å². The minimum absolute atomic E-state index is 0.371. The molecule has 0 N–H and O–H groups in total. The first-order valence-corrected chi connectivity index (χ1v) is 12.4. The lowest BCUT2D eigenvalue weighted by molar-refractivity contribution is 0.338. The van der Waals surface area contributed by atoms with Crippen molar-refractivity contribution in [3.05, 3.63) is 91.0 Å². The van der Waals surface area contributed by atoms with Gasteiger partial charge in [0.2, 0.25) is 0 Å². The third kappa shape index (κ3) is 3.91. The molecule has 26 heavy (non-hydrogen) atoms. The van der Waals surface area contributed by atoms with Gasteiger partial charge < -0.3 is 4.52 Å². The van der Waals surface area contributed by atoms with Gasteiger partial charge in [0, 0.05) is 22.6 Å². The van der Waals surface area contributed by atoms with E-state index in [0.29, 0.717) is 6.61 Å². The van der Waals surface area contributed by atoms with E-state index in [-0.39, 0.29) is 0 Å². The third-order valence-corrected chi connectivity index (χ3v) is 10.3. The highest BCUT2D eigenvalue weighted by Gasteiger charge is 2.31. The van der Waals surface area contributed by atoms with Gasteiger partial charge in [-0.3, -0.25) is 4.57 Å². The van der Waals surface area contributed by atoms with Crippen molar-refractivity contribution in [2.45, 2.75) is 6.92 Å². The summed E-state index contributed by atoms with van der Waals surface area (Å²) >= 11 is 0. The van der Waals surface area contributed by atoms with Gasteiger partial charge in [-0.25, -0.2) is 4.52 Å². The summed E-state index contributed by atoms with van der Waals surface area (Å²) in [6.07, 6.45) is 0. The van der Waals surface area contributed by atoms with Crippen LogP contribution in [-0.2, 0) is 9.09 Å². The summed E-state index contributed by atoms with van der Waals surface area (Å²) in [7, 11) is -5.60. The van der Waals surface area contributed by atoms with E-state index in [0.717, 1.165) is 15.9 Å². The lowest BCUT2D eigenvalue weighted by Crippen LogP contribution is -2.25. The fraction of sp³-hybridized carbons (Fsp3) is 0.143. The SMILES string of the molecule is CCOP(C)(=O)N=P(c1ccccc1)(c1ccccc1)c1ccccc1. The van der Waals surface area contributed by atoms with Gasteiger partial charge in [-0.15, -0.1) is 0 Å². The van der Waals surface area contributed by atoms with Gasteiger partial charge in [0.15, 0.2) is 0 Å². The Morgan fingerprint density at radius 1 is 0.731 bits per heavy atom. The van der Waals surface area contributed by atoms with Gasteiger partial charge in [-0.1, -0.05) is 91.0 Å². The van der Waals surface area contributed by atoms with E-state index >= 15 is 0 Å². The van der Waals surface area contributed by atoms with Crippen LogP contribution in [0.4, 0.5) is 0 Å². The minimum atomic E-state index is -3.14. The normalized spacial score (nSPS) is 13.8. The molecule has 0 bridgehead atoms. The van der Waals surface area contributed by atoms with Crippen LogP contribution in [0.15, 0.2) is 95.5 Å². The van der Waals surface area contributed by atoms with Crippen molar-refractivity contribution >= 4 is 30.5 Å². The van der Waals surface area contributed by atoms with E-state index in [1.165, 1.54) is 0 Å². The van der Waals surface area contributed by atoms with Crippen molar-refractivity contribution in [2.75, 3.05) is 13.3 Å². The fourth-order valence-corrected chi connectivity index (χ4v) is 9.62. The average Bonchev–Trinajstić information content (AvgIpc) is 2.68. The molecule has 3 nitrogen and oxygen atoms in total. The van der Waals surface area contributed by atoms with Crippen LogP contribution < -0.4 is 15.9 Å². The van der Waals surface area contributed by atoms with Crippen LogP contribution in [0.1, 0.15) is 6.92 Å². The van der Waals surface area contributed by atoms with Gasteiger partial charge in [-0.2, -0.15) is 0 Å². The first-order chi connectivity index (χ1) is 12.6. The smallest absolute Gasteiger partial charge is 0.311 e. The summed E-state index contributed by atoms with van der Waals surface area (Å²) in [4.78, 5) is 0. The molecule has 134 valence electrons. The predicted molar refractivity (Wildman–Crippen MR) is 113 cm³/mol. The molecule has 0 saturated carbocycles. The second-order valence-electron chi connectivity index (χ2n) is 5.95. The van der Waals surface area contributed by atoms with Crippen LogP contribution in [0.2, 0.25) is 0 Å². The molecule has 0 aliphatic rings. The highest BCUT2D eigenvalue weighted by atomic mass is 31.2. The van der Waals surface area contributed by atoms with Crippen LogP contribution in [0.25, 0.3) is 0 Å². The molecule has 0 heterocycles. The average molecular weight is 383 g/mol. The molecular weight excluding hydrogens is 360 g/mol. The Labute approximate surface area is 155 Å². The van der Waals surface area contributed by atoms with Gasteiger partial charge >= 0.3 is 7.52 Å². The van der Waals surface area contributed by atoms with Crippen LogP contribution in [0.5, 0.6) is 0 Å². The molecule has 3 aromatic carbocycles. The van der Waals surface area contributed by atoms with E-state index in [9.17, 15) is 4.57 Å². The molecule has 1 unspecified atom stereocenters. The van der Waals surface area contributed by atoms with Crippen LogP contribution >= 0.6 is 14.6 Å². The Morgan fingerprint density at radius 2 is 1.08 bits per heavy atom. The Hall–Kier alpha value is -1.92. The zero-order valence-electron chi connectivity index (χ0n) is 15.0. The molecule has 0 amide bonds. The van der Waals surface area contributed by atoms with Crippen molar-refractivity contribution in [3.8, 4) is 0 Å². The number of hydrogen-bond acceptors (Lipinski definition) is 2. The Morgan fingerprint density at radius 3 is 1.38 bits per heavy atom. The quantitative estimate of drug-likeness (QED) is 0.561. The zero-order valence-corrected chi connectivity index (χ0v) is 16.8. The number of hydrogen-bond donors (Lipinski definition) is 0. The van der Waals surface area contributed by atoms with Gasteiger partial charge in [0.25, 0.3) is 0 Å². The monoisotopic (exact) mass is 383 g/mol. The summed E-state index contributed by atoms with van der Waals surface area (Å²) in [6, 6.07) is 30.4. The molecular formula is C21H23NO2P2. The summed E-state index contributed by atoms with van der Waals surface area (Å²) in [6.45, 7) is 3.83. The molecule has 0 saturated heterocycles. The summed E-state index contributed by atoms with van der Waals surface area (Å²) < 4.78 is 23.7. The topological polar surface area (TPSA) is 38.7 Å². The molecule has 0 aliphatic carbocycles. The molecule has 0 radical (unpaired) electrons. The van der Waals surface area contributed by atoms with Gasteiger partial charge in [0.1, 0.15) is 0 Å². The van der Waals surface area contributed by atoms with E-state index < -0.39 is 14.6 Å². The van der Waals surface area contributed by atoms with Crippen molar-refractivity contribution in [3.63, 3.8) is 0 Å². The van der Waals surface area contributed by atoms with Crippen molar-refractivity contribution in [2.24, 2.45) is 4.52 Å². The predicted octanol–water partition coefficient (Wildman–Crippen LogP) is 5.02. The summed E-state index contributed by atoms with van der Waals surface area (Å²) in [5.41, 5.74) is 0. The molecule has 0 aliphatic heterocycles. The number of benzene rings is 3. The second-order valence-corrected chi connectivity index (χ2v) is 11.4. The van der Waals surface area contributed by atoms with E-state index in [4.69, 9.17) is 9.04 Å². The van der Waals surface area contributed by atoms with E-state index in [1.807, 2.05) is 61.5 Å². The molecule has 3 aromatic rings. The minimum Gasteiger partial charge on any atom is -0.313 e. The highest BCUT2D eigenvalue weighted by Crippen LogP contribution is 2.58. The highest BCUT2D eigenvalue weighted by molar-refractivity contribution is 7.90. The molecule has 0 spiro atoms. The number of nitrogens with zero attached hydrogens (tertiary/aromatic N) is 1. The van der Waals surface area contributed by atoms with Crippen molar-refractivity contribution in [1.29, 1.82) is 0 Å². The van der Waals surface area contributed by atoms with Crippen LogP contribution in [-0.4, -0.2) is 13.3 Å². The summed E-state index contributed by atoms with van der Waals surface area (Å²) in [5.74, 6) is 0. The lowest BCUT2D eigenvalue weighted by Gasteiger charge is -2.28. The second kappa shape index (κ2) is 8.18. The summed E-state index contributed by atoms with van der Waals surface area (Å²) in [5, 5.41) is 3.21. The Balaban J connectivity index is 2.44. The fourth-order valence-electron chi connectivity index (χ4n) is 3.04. The Kier molecular flexibility index (Phi) is 5.94.